The maximum atomic E-state index is 14.5. The number of hydrogen-bond acceptors (Lipinski definition) is 6. The van der Waals surface area contributed by atoms with Crippen molar-refractivity contribution in [3.8, 4) is 11.5 Å². The van der Waals surface area contributed by atoms with Gasteiger partial charge in [-0.1, -0.05) is 70.5 Å². The quantitative estimate of drug-likeness (QED) is 0.189. The number of carbonyl (C=O) groups is 2. The van der Waals surface area contributed by atoms with Crippen LogP contribution in [0.3, 0.4) is 0 Å². The highest BCUT2D eigenvalue weighted by atomic mass is 79.9. The topological polar surface area (TPSA) is 105 Å². The molecule has 0 spiro atoms. The van der Waals surface area contributed by atoms with Gasteiger partial charge in [0.1, 0.15) is 24.1 Å². The normalized spacial score (nSPS) is 11.7. The van der Waals surface area contributed by atoms with Crippen molar-refractivity contribution in [3.63, 3.8) is 0 Å². The minimum atomic E-state index is -4.29. The number of para-hydroxylation sites is 2. The molecule has 11 heteroatoms. The number of sulfonamides is 1. The lowest BCUT2D eigenvalue weighted by atomic mass is 10.0. The molecule has 236 valence electrons. The van der Waals surface area contributed by atoms with E-state index in [2.05, 4.69) is 21.2 Å². The molecule has 4 aromatic rings. The third-order valence-corrected chi connectivity index (χ3v) is 9.41. The molecule has 0 saturated carbocycles. The van der Waals surface area contributed by atoms with Crippen LogP contribution in [0.2, 0.25) is 0 Å². The van der Waals surface area contributed by atoms with E-state index in [1.54, 1.807) is 36.4 Å². The monoisotopic (exact) mass is 693 g/mol. The van der Waals surface area contributed by atoms with Crippen LogP contribution in [-0.4, -0.2) is 58.5 Å². The fourth-order valence-electron chi connectivity index (χ4n) is 4.90. The zero-order chi connectivity index (χ0) is 32.4. The number of hydrogen-bond donors (Lipinski definition) is 1. The second-order valence-corrected chi connectivity index (χ2v) is 12.9. The first kappa shape index (κ1) is 33.5. The molecule has 45 heavy (non-hydrogen) atoms. The Balaban J connectivity index is 1.82. The highest BCUT2D eigenvalue weighted by molar-refractivity contribution is 9.10. The van der Waals surface area contributed by atoms with E-state index in [9.17, 15) is 18.0 Å². The lowest BCUT2D eigenvalue weighted by molar-refractivity contribution is -0.140. The molecule has 0 bridgehead atoms. The Hall–Kier alpha value is -4.35. The first-order chi connectivity index (χ1) is 21.7. The van der Waals surface area contributed by atoms with Crippen LogP contribution in [0.15, 0.2) is 112 Å². The van der Waals surface area contributed by atoms with Gasteiger partial charge in [0, 0.05) is 24.0 Å². The predicted octanol–water partition coefficient (Wildman–Crippen LogP) is 5.44. The van der Waals surface area contributed by atoms with Crippen molar-refractivity contribution in [2.24, 2.45) is 0 Å². The van der Waals surface area contributed by atoms with Crippen LogP contribution in [0, 0.1) is 0 Å². The number of anilines is 1. The summed E-state index contributed by atoms with van der Waals surface area (Å²) >= 11 is 3.49. The highest BCUT2D eigenvalue weighted by Crippen LogP contribution is 2.33. The minimum Gasteiger partial charge on any atom is -0.497 e. The van der Waals surface area contributed by atoms with E-state index in [1.165, 1.54) is 31.3 Å². The first-order valence-corrected chi connectivity index (χ1v) is 16.6. The summed E-state index contributed by atoms with van der Waals surface area (Å²) < 4.78 is 41.0. The maximum Gasteiger partial charge on any atom is 0.264 e. The SMILES string of the molecule is CCNC(=O)[C@@H](Cc1ccccc1)N(Cc1cccc(Br)c1)C(=O)CN(c1ccccc1OC)S(=O)(=O)c1ccc(OC)cc1. The third-order valence-electron chi connectivity index (χ3n) is 7.14. The molecule has 0 fully saturated rings. The van der Waals surface area contributed by atoms with Gasteiger partial charge in [-0.3, -0.25) is 13.9 Å². The zero-order valence-electron chi connectivity index (χ0n) is 25.4. The van der Waals surface area contributed by atoms with Gasteiger partial charge in [-0.05, 0) is 66.6 Å². The van der Waals surface area contributed by atoms with E-state index >= 15 is 0 Å². The van der Waals surface area contributed by atoms with Gasteiger partial charge < -0.3 is 19.7 Å². The van der Waals surface area contributed by atoms with Crippen LogP contribution in [0.25, 0.3) is 0 Å². The lowest BCUT2D eigenvalue weighted by Gasteiger charge is -2.34. The Morgan fingerprint density at radius 3 is 2.16 bits per heavy atom. The average Bonchev–Trinajstić information content (AvgIpc) is 3.05. The molecule has 0 aromatic heterocycles. The molecule has 0 aliphatic carbocycles. The number of carbonyl (C=O) groups excluding carboxylic acids is 2. The molecule has 1 N–H and O–H groups in total. The second kappa shape index (κ2) is 15.6. The van der Waals surface area contributed by atoms with Crippen LogP contribution in [-0.2, 0) is 32.6 Å². The summed E-state index contributed by atoms with van der Waals surface area (Å²) in [6.07, 6.45) is 0.228. The minimum absolute atomic E-state index is 0.0369. The Kier molecular flexibility index (Phi) is 11.6. The Morgan fingerprint density at radius 1 is 0.844 bits per heavy atom. The number of rotatable bonds is 14. The summed E-state index contributed by atoms with van der Waals surface area (Å²) in [6, 6.07) is 28.4. The molecule has 0 aliphatic rings. The van der Waals surface area contributed by atoms with Crippen LogP contribution < -0.4 is 19.1 Å². The van der Waals surface area contributed by atoms with E-state index in [1.807, 2.05) is 61.5 Å². The summed E-state index contributed by atoms with van der Waals surface area (Å²) in [5.41, 5.74) is 1.80. The first-order valence-electron chi connectivity index (χ1n) is 14.3. The van der Waals surface area contributed by atoms with Gasteiger partial charge in [0.2, 0.25) is 11.8 Å². The Morgan fingerprint density at radius 2 is 1.51 bits per heavy atom. The van der Waals surface area contributed by atoms with E-state index in [0.717, 1.165) is 19.9 Å². The zero-order valence-corrected chi connectivity index (χ0v) is 27.8. The van der Waals surface area contributed by atoms with Crippen molar-refractivity contribution in [2.45, 2.75) is 30.8 Å². The maximum absolute atomic E-state index is 14.5. The van der Waals surface area contributed by atoms with Crippen molar-refractivity contribution >= 4 is 43.5 Å². The van der Waals surface area contributed by atoms with Crippen LogP contribution >= 0.6 is 15.9 Å². The number of benzene rings is 4. The van der Waals surface area contributed by atoms with Gasteiger partial charge in [0.05, 0.1) is 24.8 Å². The summed E-state index contributed by atoms with van der Waals surface area (Å²) in [4.78, 5) is 29.5. The molecule has 0 radical (unpaired) electrons. The van der Waals surface area contributed by atoms with Crippen LogP contribution in [0.4, 0.5) is 5.69 Å². The Bertz CT molecular complexity index is 1700. The summed E-state index contributed by atoms with van der Waals surface area (Å²) in [5.74, 6) is -0.151. The van der Waals surface area contributed by atoms with E-state index in [-0.39, 0.29) is 35.2 Å². The molecular weight excluding hydrogens is 658 g/mol. The fraction of sp³-hybridized carbons (Fsp3) is 0.235. The molecule has 0 saturated heterocycles. The number of likely N-dealkylation sites (N-methyl/N-ethyl adjacent to an activating group) is 1. The van der Waals surface area contributed by atoms with Crippen LogP contribution in [0.5, 0.6) is 11.5 Å². The van der Waals surface area contributed by atoms with Gasteiger partial charge in [-0.15, -0.1) is 0 Å². The van der Waals surface area contributed by atoms with Gasteiger partial charge >= 0.3 is 0 Å². The second-order valence-electron chi connectivity index (χ2n) is 10.1. The van der Waals surface area contributed by atoms with Gasteiger partial charge in [-0.2, -0.15) is 0 Å². The number of methoxy groups -OCH3 is 2. The molecule has 4 rings (SSSR count). The van der Waals surface area contributed by atoms with E-state index in [0.29, 0.717) is 12.3 Å². The average molecular weight is 695 g/mol. The van der Waals surface area contributed by atoms with Crippen LogP contribution in [0.1, 0.15) is 18.1 Å². The third kappa shape index (κ3) is 8.43. The van der Waals surface area contributed by atoms with Crippen molar-refractivity contribution in [3.05, 3.63) is 119 Å². The number of nitrogens with one attached hydrogen (secondary N) is 1. The predicted molar refractivity (Wildman–Crippen MR) is 178 cm³/mol. The van der Waals surface area contributed by atoms with Gasteiger partial charge in [-0.25, -0.2) is 8.42 Å². The van der Waals surface area contributed by atoms with Gasteiger partial charge in [0.15, 0.2) is 0 Å². The number of nitrogens with zero attached hydrogens (tertiary/aromatic N) is 2. The molecule has 4 aromatic carbocycles. The summed E-state index contributed by atoms with van der Waals surface area (Å²) in [6.45, 7) is 1.65. The van der Waals surface area contributed by atoms with Gasteiger partial charge in [0.25, 0.3) is 10.0 Å². The molecule has 1 atom stereocenters. The smallest absolute Gasteiger partial charge is 0.264 e. The largest absolute Gasteiger partial charge is 0.497 e. The molecule has 0 aliphatic heterocycles. The van der Waals surface area contributed by atoms with E-state index in [4.69, 9.17) is 9.47 Å². The summed E-state index contributed by atoms with van der Waals surface area (Å²) in [7, 11) is -1.37. The Labute approximate surface area is 273 Å². The van der Waals surface area contributed by atoms with E-state index < -0.39 is 28.5 Å². The van der Waals surface area contributed by atoms with Crippen molar-refractivity contribution in [1.82, 2.24) is 10.2 Å². The number of ether oxygens (including phenoxy) is 2. The summed E-state index contributed by atoms with van der Waals surface area (Å²) in [5, 5.41) is 2.86. The number of amides is 2. The van der Waals surface area contributed by atoms with Crippen molar-refractivity contribution in [2.75, 3.05) is 31.6 Å². The standard InChI is InChI=1S/C34H36BrN3O6S/c1-4-36-34(40)31(22-25-11-6-5-7-12-25)37(23-26-13-10-14-27(35)21-26)33(39)24-38(30-15-8-9-16-32(30)44-3)45(41,42)29-19-17-28(43-2)18-20-29/h5-21,31H,4,22-24H2,1-3H3,(H,36,40)/t31-/m1/s1. The fourth-order valence-corrected chi connectivity index (χ4v) is 6.77. The highest BCUT2D eigenvalue weighted by Gasteiger charge is 2.35. The molecule has 0 unspecified atom stereocenters. The molecule has 9 nitrogen and oxygen atoms in total. The van der Waals surface area contributed by atoms with Crippen molar-refractivity contribution < 1.29 is 27.5 Å². The lowest BCUT2D eigenvalue weighted by Crippen LogP contribution is -2.53. The molecule has 2 amide bonds. The number of halogens is 1. The molecule has 0 heterocycles. The molecular formula is C34H36BrN3O6S. The van der Waals surface area contributed by atoms with Crippen molar-refractivity contribution in [1.29, 1.82) is 0 Å².